The van der Waals surface area contributed by atoms with Crippen LogP contribution in [0.25, 0.3) is 0 Å². The van der Waals surface area contributed by atoms with Crippen LogP contribution in [0.2, 0.25) is 0 Å². The van der Waals surface area contributed by atoms with E-state index in [0.29, 0.717) is 5.25 Å². The van der Waals surface area contributed by atoms with Crippen molar-refractivity contribution in [3.63, 3.8) is 0 Å². The van der Waals surface area contributed by atoms with Crippen molar-refractivity contribution in [1.82, 2.24) is 0 Å². The summed E-state index contributed by atoms with van der Waals surface area (Å²) in [6, 6.07) is 5.97. The average Bonchev–Trinajstić information content (AvgIpc) is 2.57. The molecule has 1 saturated carbocycles. The van der Waals surface area contributed by atoms with E-state index in [1.54, 1.807) is 11.8 Å². The number of nitrogens with two attached hydrogens (primary N) is 1. The summed E-state index contributed by atoms with van der Waals surface area (Å²) in [6.45, 7) is 2.07. The molecule has 2 rings (SSSR count). The molecule has 0 heterocycles. The first-order valence-corrected chi connectivity index (χ1v) is 6.25. The molecule has 0 saturated heterocycles. The quantitative estimate of drug-likeness (QED) is 0.758. The summed E-state index contributed by atoms with van der Waals surface area (Å²) in [7, 11) is 0. The maximum atomic E-state index is 9.75. The van der Waals surface area contributed by atoms with E-state index in [4.69, 9.17) is 5.73 Å². The molecule has 0 radical (unpaired) electrons. The van der Waals surface area contributed by atoms with Crippen molar-refractivity contribution in [1.29, 1.82) is 0 Å². The number of anilines is 1. The lowest BCUT2D eigenvalue weighted by Crippen LogP contribution is -2.15. The molecule has 1 aromatic rings. The van der Waals surface area contributed by atoms with Gasteiger partial charge in [0.05, 0.1) is 6.10 Å². The van der Waals surface area contributed by atoms with Crippen LogP contribution in [0.1, 0.15) is 24.8 Å². The number of hydrogen-bond acceptors (Lipinski definition) is 3. The molecule has 82 valence electrons. The van der Waals surface area contributed by atoms with Crippen molar-refractivity contribution in [3.05, 3.63) is 23.8 Å². The largest absolute Gasteiger partial charge is 0.399 e. The number of rotatable bonds is 2. The Morgan fingerprint density at radius 2 is 2.20 bits per heavy atom. The summed E-state index contributed by atoms with van der Waals surface area (Å²) < 4.78 is 0. The van der Waals surface area contributed by atoms with E-state index < -0.39 is 0 Å². The van der Waals surface area contributed by atoms with Crippen LogP contribution < -0.4 is 5.73 Å². The Bertz CT molecular complexity index is 353. The minimum atomic E-state index is -0.132. The van der Waals surface area contributed by atoms with Gasteiger partial charge in [0.1, 0.15) is 0 Å². The van der Waals surface area contributed by atoms with E-state index in [0.717, 1.165) is 24.9 Å². The highest BCUT2D eigenvalue weighted by atomic mass is 32.2. The number of aliphatic hydroxyl groups excluding tert-OH is 1. The van der Waals surface area contributed by atoms with Crippen LogP contribution in [0.5, 0.6) is 0 Å². The minimum Gasteiger partial charge on any atom is -0.399 e. The molecule has 1 aliphatic rings. The SMILES string of the molecule is Cc1cc(N)ccc1SC1CCCC1O. The predicted octanol–water partition coefficient (Wildman–Crippen LogP) is 2.58. The number of hydrogen-bond donors (Lipinski definition) is 2. The Kier molecular flexibility index (Phi) is 3.22. The molecule has 2 unspecified atom stereocenters. The lowest BCUT2D eigenvalue weighted by molar-refractivity contribution is 0.188. The number of aliphatic hydroxyl groups is 1. The van der Waals surface area contributed by atoms with Crippen LogP contribution in [-0.4, -0.2) is 16.5 Å². The van der Waals surface area contributed by atoms with Gasteiger partial charge in [0.25, 0.3) is 0 Å². The van der Waals surface area contributed by atoms with Gasteiger partial charge < -0.3 is 10.8 Å². The Hall–Kier alpha value is -0.670. The molecule has 0 aromatic heterocycles. The van der Waals surface area contributed by atoms with Crippen LogP contribution in [0.3, 0.4) is 0 Å². The van der Waals surface area contributed by atoms with Crippen LogP contribution in [0.15, 0.2) is 23.1 Å². The molecule has 1 aromatic carbocycles. The lowest BCUT2D eigenvalue weighted by Gasteiger charge is -2.15. The Morgan fingerprint density at radius 1 is 1.40 bits per heavy atom. The number of benzene rings is 1. The predicted molar refractivity (Wildman–Crippen MR) is 65.1 cm³/mol. The second-order valence-corrected chi connectivity index (χ2v) is 5.46. The van der Waals surface area contributed by atoms with E-state index in [-0.39, 0.29) is 6.10 Å². The summed E-state index contributed by atoms with van der Waals surface area (Å²) in [6.07, 6.45) is 3.08. The minimum absolute atomic E-state index is 0.132. The first kappa shape index (κ1) is 10.8. The standard InChI is InChI=1S/C12H17NOS/c1-8-7-9(13)5-6-11(8)15-12-4-2-3-10(12)14/h5-7,10,12,14H,2-4,13H2,1H3. The molecule has 0 aliphatic heterocycles. The van der Waals surface area contributed by atoms with E-state index in [1.165, 1.54) is 10.5 Å². The van der Waals surface area contributed by atoms with Gasteiger partial charge in [-0.1, -0.05) is 0 Å². The summed E-state index contributed by atoms with van der Waals surface area (Å²) in [5, 5.41) is 10.1. The average molecular weight is 223 g/mol. The highest BCUT2D eigenvalue weighted by molar-refractivity contribution is 8.00. The molecule has 0 spiro atoms. The molecule has 3 N–H and O–H groups in total. The second-order valence-electron chi connectivity index (χ2n) is 4.18. The third-order valence-corrected chi connectivity index (χ3v) is 4.46. The van der Waals surface area contributed by atoms with Gasteiger partial charge in [-0.15, -0.1) is 11.8 Å². The van der Waals surface area contributed by atoms with Gasteiger partial charge >= 0.3 is 0 Å². The fourth-order valence-electron chi connectivity index (χ4n) is 2.01. The van der Waals surface area contributed by atoms with Gasteiger partial charge in [0.15, 0.2) is 0 Å². The molecule has 2 atom stereocenters. The van der Waals surface area contributed by atoms with Gasteiger partial charge in [-0.2, -0.15) is 0 Å². The van der Waals surface area contributed by atoms with E-state index in [1.807, 2.05) is 12.1 Å². The summed E-state index contributed by atoms with van der Waals surface area (Å²) >= 11 is 1.79. The van der Waals surface area contributed by atoms with Crippen molar-refractivity contribution in [2.45, 2.75) is 42.4 Å². The molecule has 2 nitrogen and oxygen atoms in total. The molecule has 3 heteroatoms. The molecule has 15 heavy (non-hydrogen) atoms. The topological polar surface area (TPSA) is 46.2 Å². The monoisotopic (exact) mass is 223 g/mol. The van der Waals surface area contributed by atoms with Gasteiger partial charge in [0, 0.05) is 15.8 Å². The van der Waals surface area contributed by atoms with Gasteiger partial charge in [-0.25, -0.2) is 0 Å². The number of thioether (sulfide) groups is 1. The van der Waals surface area contributed by atoms with Crippen molar-refractivity contribution >= 4 is 17.4 Å². The Balaban J connectivity index is 2.10. The fraction of sp³-hybridized carbons (Fsp3) is 0.500. The van der Waals surface area contributed by atoms with Crippen molar-refractivity contribution in [3.8, 4) is 0 Å². The summed E-state index contributed by atoms with van der Waals surface area (Å²) in [4.78, 5) is 1.25. The zero-order valence-electron chi connectivity index (χ0n) is 8.94. The zero-order valence-corrected chi connectivity index (χ0v) is 9.76. The highest BCUT2D eigenvalue weighted by Crippen LogP contribution is 2.36. The zero-order chi connectivity index (χ0) is 10.8. The number of aryl methyl sites for hydroxylation is 1. The number of nitrogen functional groups attached to an aromatic ring is 1. The smallest absolute Gasteiger partial charge is 0.0662 e. The van der Waals surface area contributed by atoms with E-state index in [2.05, 4.69) is 13.0 Å². The van der Waals surface area contributed by atoms with Crippen molar-refractivity contribution < 1.29 is 5.11 Å². The van der Waals surface area contributed by atoms with E-state index >= 15 is 0 Å². The van der Waals surface area contributed by atoms with Crippen LogP contribution in [0.4, 0.5) is 5.69 Å². The Labute approximate surface area is 94.9 Å². The van der Waals surface area contributed by atoms with Gasteiger partial charge in [-0.05, 0) is 49.9 Å². The van der Waals surface area contributed by atoms with Crippen LogP contribution >= 0.6 is 11.8 Å². The normalized spacial score (nSPS) is 25.7. The molecular weight excluding hydrogens is 206 g/mol. The van der Waals surface area contributed by atoms with Crippen molar-refractivity contribution in [2.24, 2.45) is 0 Å². The summed E-state index contributed by atoms with van der Waals surface area (Å²) in [5.74, 6) is 0. The molecule has 0 bridgehead atoms. The fourth-order valence-corrected chi connectivity index (χ4v) is 3.31. The third-order valence-electron chi connectivity index (χ3n) is 2.90. The summed E-state index contributed by atoms with van der Waals surface area (Å²) in [5.41, 5.74) is 7.72. The Morgan fingerprint density at radius 3 is 2.80 bits per heavy atom. The maximum absolute atomic E-state index is 9.75. The first-order chi connectivity index (χ1) is 7.16. The second kappa shape index (κ2) is 4.45. The van der Waals surface area contributed by atoms with Crippen LogP contribution in [-0.2, 0) is 0 Å². The molecular formula is C12H17NOS. The van der Waals surface area contributed by atoms with Gasteiger partial charge in [-0.3, -0.25) is 0 Å². The molecule has 1 fully saturated rings. The lowest BCUT2D eigenvalue weighted by atomic mass is 10.2. The highest BCUT2D eigenvalue weighted by Gasteiger charge is 2.26. The molecule has 1 aliphatic carbocycles. The van der Waals surface area contributed by atoms with E-state index in [9.17, 15) is 5.11 Å². The maximum Gasteiger partial charge on any atom is 0.0662 e. The first-order valence-electron chi connectivity index (χ1n) is 5.37. The van der Waals surface area contributed by atoms with Crippen molar-refractivity contribution in [2.75, 3.05) is 5.73 Å². The molecule has 0 amide bonds. The van der Waals surface area contributed by atoms with Gasteiger partial charge in [0.2, 0.25) is 0 Å². The third kappa shape index (κ3) is 2.47. The van der Waals surface area contributed by atoms with Crippen LogP contribution in [0, 0.1) is 6.92 Å².